The minimum Gasteiger partial charge on any atom is -0.481 e. The lowest BCUT2D eigenvalue weighted by Crippen LogP contribution is -2.40. The molecule has 0 radical (unpaired) electrons. The Morgan fingerprint density at radius 1 is 1.21 bits per heavy atom. The number of carboxylic acids is 1. The standard InChI is InChI=1S/C11H17NO5S.C6H12O2.2CH4/c1-2-3-12-11(13)16-9-6-4-7-8(5-6)18(14,15)17-10(7)9;1-4-6(2,3)5(7)8;;/h6-10H,2-5H2,1H3,(H,12,13);4H2,1-3H3,(H,7,8);2*1H4. The van der Waals surface area contributed by atoms with Gasteiger partial charge in [0.2, 0.25) is 0 Å². The molecule has 2 saturated carbocycles. The molecule has 2 bridgehead atoms. The average molecular weight is 424 g/mol. The van der Waals surface area contributed by atoms with Crippen LogP contribution in [0.4, 0.5) is 4.79 Å². The summed E-state index contributed by atoms with van der Waals surface area (Å²) in [5, 5.41) is 10.7. The maximum absolute atomic E-state index is 11.7. The van der Waals surface area contributed by atoms with Gasteiger partial charge in [0.15, 0.2) is 0 Å². The van der Waals surface area contributed by atoms with Crippen LogP contribution in [0.5, 0.6) is 0 Å². The van der Waals surface area contributed by atoms with Crippen LogP contribution in [0.3, 0.4) is 0 Å². The molecule has 3 fully saturated rings. The number of carboxylic acid groups (broad SMARTS) is 1. The number of hydrogen-bond donors (Lipinski definition) is 2. The van der Waals surface area contributed by atoms with Gasteiger partial charge in [-0.2, -0.15) is 8.42 Å². The van der Waals surface area contributed by atoms with Crippen molar-refractivity contribution in [2.45, 2.75) is 85.7 Å². The highest BCUT2D eigenvalue weighted by Crippen LogP contribution is 2.55. The minimum atomic E-state index is -3.43. The van der Waals surface area contributed by atoms with E-state index >= 15 is 0 Å². The molecular weight excluding hydrogens is 386 g/mol. The second kappa shape index (κ2) is 9.91. The number of rotatable bonds is 5. The van der Waals surface area contributed by atoms with E-state index in [0.29, 0.717) is 19.4 Å². The summed E-state index contributed by atoms with van der Waals surface area (Å²) in [6.45, 7) is 7.82. The van der Waals surface area contributed by atoms with E-state index in [2.05, 4.69) is 5.32 Å². The molecule has 1 heterocycles. The third kappa shape index (κ3) is 5.37. The first-order chi connectivity index (χ1) is 12.0. The van der Waals surface area contributed by atoms with E-state index in [1.165, 1.54) is 0 Å². The van der Waals surface area contributed by atoms with Gasteiger partial charge in [0.05, 0.1) is 10.7 Å². The molecule has 0 aromatic rings. The zero-order valence-corrected chi connectivity index (χ0v) is 16.5. The van der Waals surface area contributed by atoms with Crippen molar-refractivity contribution in [3.63, 3.8) is 0 Å². The monoisotopic (exact) mass is 423 g/mol. The fraction of sp³-hybridized carbons (Fsp3) is 0.895. The maximum atomic E-state index is 11.7. The molecule has 2 aliphatic carbocycles. The highest BCUT2D eigenvalue weighted by atomic mass is 32.2. The zero-order chi connectivity index (χ0) is 19.7. The van der Waals surface area contributed by atoms with Crippen molar-refractivity contribution in [2.24, 2.45) is 17.3 Å². The van der Waals surface area contributed by atoms with Crippen molar-refractivity contribution in [1.82, 2.24) is 5.32 Å². The highest BCUT2D eigenvalue weighted by Gasteiger charge is 2.65. The van der Waals surface area contributed by atoms with E-state index in [0.717, 1.165) is 12.8 Å². The number of nitrogens with one attached hydrogen (secondary N) is 1. The van der Waals surface area contributed by atoms with Gasteiger partial charge in [-0.1, -0.05) is 28.7 Å². The lowest BCUT2D eigenvalue weighted by molar-refractivity contribution is -0.147. The van der Waals surface area contributed by atoms with Gasteiger partial charge in [-0.3, -0.25) is 8.98 Å². The third-order valence-electron chi connectivity index (χ3n) is 5.64. The molecular formula is C19H37NO7S. The number of aliphatic carboxylic acids is 1. The van der Waals surface area contributed by atoms with Gasteiger partial charge in [0.25, 0.3) is 10.1 Å². The van der Waals surface area contributed by atoms with Gasteiger partial charge in [0.1, 0.15) is 12.2 Å². The molecule has 1 saturated heterocycles. The number of hydrogen-bond acceptors (Lipinski definition) is 6. The zero-order valence-electron chi connectivity index (χ0n) is 15.7. The first-order valence-electron chi connectivity index (χ1n) is 9.13. The van der Waals surface area contributed by atoms with E-state index < -0.39 is 39.8 Å². The Morgan fingerprint density at radius 2 is 1.82 bits per heavy atom. The Kier molecular flexibility index (Phi) is 9.44. The molecule has 2 N–H and O–H groups in total. The summed E-state index contributed by atoms with van der Waals surface area (Å²) in [5.74, 6) is -0.571. The number of carbonyl (C=O) groups is 2. The molecule has 9 heteroatoms. The summed E-state index contributed by atoms with van der Waals surface area (Å²) in [6, 6.07) is 0. The molecule has 1 amide bonds. The SMILES string of the molecule is C.C.CCC(C)(C)C(=O)O.CCCNC(=O)OC1C2CC3C1OS(=O)(=O)C3C2. The average Bonchev–Trinajstić information content (AvgIpc) is 3.17. The Morgan fingerprint density at radius 3 is 2.29 bits per heavy atom. The molecule has 5 atom stereocenters. The lowest BCUT2D eigenvalue weighted by atomic mass is 9.91. The van der Waals surface area contributed by atoms with Gasteiger partial charge in [-0.05, 0) is 39.5 Å². The van der Waals surface area contributed by atoms with E-state index in [1.54, 1.807) is 13.8 Å². The first kappa shape index (κ1) is 26.6. The number of fused-ring (bicyclic) bond motifs is 1. The number of ether oxygens (including phenoxy) is 1. The Bertz CT molecular complexity index is 647. The molecule has 28 heavy (non-hydrogen) atoms. The fourth-order valence-electron chi connectivity index (χ4n) is 3.59. The predicted octanol–water partition coefficient (Wildman–Crippen LogP) is 3.41. The molecule has 1 aliphatic heterocycles. The Balaban J connectivity index is 0.000000634. The summed E-state index contributed by atoms with van der Waals surface area (Å²) < 4.78 is 33.9. The highest BCUT2D eigenvalue weighted by molar-refractivity contribution is 7.87. The predicted molar refractivity (Wildman–Crippen MR) is 108 cm³/mol. The summed E-state index contributed by atoms with van der Waals surface area (Å²) in [5.41, 5.74) is -0.542. The number of amides is 1. The quantitative estimate of drug-likeness (QED) is 0.650. The molecule has 3 aliphatic rings. The van der Waals surface area contributed by atoms with Crippen molar-refractivity contribution in [2.75, 3.05) is 6.54 Å². The smallest absolute Gasteiger partial charge is 0.407 e. The van der Waals surface area contributed by atoms with Crippen LogP contribution in [0.1, 0.15) is 68.2 Å². The van der Waals surface area contributed by atoms with Gasteiger partial charge in [0, 0.05) is 18.4 Å². The van der Waals surface area contributed by atoms with Crippen LogP contribution in [0.2, 0.25) is 0 Å². The molecule has 0 aromatic carbocycles. The molecule has 0 spiro atoms. The van der Waals surface area contributed by atoms with Crippen molar-refractivity contribution in [1.29, 1.82) is 0 Å². The van der Waals surface area contributed by atoms with Gasteiger partial charge in [-0.25, -0.2) is 4.79 Å². The molecule has 5 unspecified atom stereocenters. The maximum Gasteiger partial charge on any atom is 0.407 e. The van der Waals surface area contributed by atoms with Crippen LogP contribution in [-0.4, -0.2) is 49.6 Å². The minimum absolute atomic E-state index is 0. The van der Waals surface area contributed by atoms with Crippen molar-refractivity contribution in [3.05, 3.63) is 0 Å². The largest absolute Gasteiger partial charge is 0.481 e. The molecule has 0 aromatic heterocycles. The summed E-state index contributed by atoms with van der Waals surface area (Å²) >= 11 is 0. The normalized spacial score (nSPS) is 30.9. The third-order valence-corrected chi connectivity index (χ3v) is 7.41. The molecule has 8 nitrogen and oxygen atoms in total. The van der Waals surface area contributed by atoms with E-state index in [1.807, 2.05) is 13.8 Å². The van der Waals surface area contributed by atoms with Crippen LogP contribution in [0.15, 0.2) is 0 Å². The summed E-state index contributed by atoms with van der Waals surface area (Å²) in [6.07, 6.45) is 1.55. The van der Waals surface area contributed by atoms with Crippen molar-refractivity contribution in [3.8, 4) is 0 Å². The summed E-state index contributed by atoms with van der Waals surface area (Å²) in [4.78, 5) is 21.8. The van der Waals surface area contributed by atoms with Crippen LogP contribution in [0.25, 0.3) is 0 Å². The fourth-order valence-corrected chi connectivity index (χ4v) is 5.47. The van der Waals surface area contributed by atoms with Crippen molar-refractivity contribution >= 4 is 22.2 Å². The van der Waals surface area contributed by atoms with E-state index in [9.17, 15) is 18.0 Å². The molecule has 3 rings (SSSR count). The first-order valence-corrected chi connectivity index (χ1v) is 10.6. The lowest BCUT2D eigenvalue weighted by Gasteiger charge is -2.24. The Labute approximate surface area is 169 Å². The van der Waals surface area contributed by atoms with Crippen LogP contribution >= 0.6 is 0 Å². The van der Waals surface area contributed by atoms with Crippen LogP contribution < -0.4 is 5.32 Å². The van der Waals surface area contributed by atoms with Gasteiger partial charge < -0.3 is 15.2 Å². The second-order valence-electron chi connectivity index (χ2n) is 7.83. The van der Waals surface area contributed by atoms with E-state index in [-0.39, 0.29) is 31.9 Å². The van der Waals surface area contributed by atoms with E-state index in [4.69, 9.17) is 14.0 Å². The van der Waals surface area contributed by atoms with Crippen LogP contribution in [-0.2, 0) is 23.8 Å². The number of carbonyl (C=O) groups excluding carboxylic acids is 1. The Hall–Kier alpha value is -1.35. The van der Waals surface area contributed by atoms with Gasteiger partial charge in [-0.15, -0.1) is 0 Å². The van der Waals surface area contributed by atoms with Gasteiger partial charge >= 0.3 is 12.1 Å². The summed E-state index contributed by atoms with van der Waals surface area (Å²) in [7, 11) is -3.43. The number of alkyl carbamates (subject to hydrolysis) is 1. The molecule has 166 valence electrons. The second-order valence-corrected chi connectivity index (χ2v) is 9.61. The van der Waals surface area contributed by atoms with Crippen molar-refractivity contribution < 1.29 is 32.0 Å². The topological polar surface area (TPSA) is 119 Å². The van der Waals surface area contributed by atoms with Crippen LogP contribution in [0, 0.1) is 17.3 Å².